The summed E-state index contributed by atoms with van der Waals surface area (Å²) in [5.41, 5.74) is -0.361. The van der Waals surface area contributed by atoms with Gasteiger partial charge in [-0.25, -0.2) is 22.0 Å². The minimum absolute atomic E-state index is 0.232. The van der Waals surface area contributed by atoms with E-state index in [1.807, 2.05) is 13.0 Å². The highest BCUT2D eigenvalue weighted by Crippen LogP contribution is 2.44. The van der Waals surface area contributed by atoms with Crippen LogP contribution in [0.15, 0.2) is 48.5 Å². The fraction of sp³-hybridized carbons (Fsp3) is 0.333. The van der Waals surface area contributed by atoms with E-state index in [0.717, 1.165) is 47.4 Å². The van der Waals surface area contributed by atoms with Crippen LogP contribution in [0.2, 0.25) is 0 Å². The van der Waals surface area contributed by atoms with Gasteiger partial charge in [-0.1, -0.05) is 19.4 Å². The van der Waals surface area contributed by atoms with Crippen molar-refractivity contribution in [2.24, 2.45) is 0 Å². The van der Waals surface area contributed by atoms with Gasteiger partial charge in [0, 0.05) is 27.3 Å². The standard InChI is InChI=1S/C30H25F7OS/c1-2-3-22-10-18-8-9-20(13-27(18)39-22)30(36,37)38-21-14-23(31)28(24(32)15-21)17-6-4-16(5-7-17)19-11-25(33)29(35)26(34)12-19/h8-17H,2-7H2,1H3. The Kier molecular flexibility index (Phi) is 7.64. The average molecular weight is 567 g/mol. The molecule has 206 valence electrons. The fourth-order valence-electron chi connectivity index (χ4n) is 5.38. The molecule has 4 aromatic rings. The van der Waals surface area contributed by atoms with Gasteiger partial charge in [-0.15, -0.1) is 11.3 Å². The molecule has 0 N–H and O–H groups in total. The van der Waals surface area contributed by atoms with E-state index in [2.05, 4.69) is 0 Å². The van der Waals surface area contributed by atoms with Crippen molar-refractivity contribution in [3.8, 4) is 5.75 Å². The predicted octanol–water partition coefficient (Wildman–Crippen LogP) is 10.1. The number of alkyl halides is 2. The number of ether oxygens (including phenoxy) is 1. The van der Waals surface area contributed by atoms with Crippen LogP contribution in [0.4, 0.5) is 30.7 Å². The van der Waals surface area contributed by atoms with Crippen LogP contribution < -0.4 is 4.74 Å². The van der Waals surface area contributed by atoms with E-state index in [1.165, 1.54) is 23.5 Å². The van der Waals surface area contributed by atoms with Crippen molar-refractivity contribution < 1.29 is 35.5 Å². The number of hydrogen-bond donors (Lipinski definition) is 0. The van der Waals surface area contributed by atoms with E-state index in [1.54, 1.807) is 6.07 Å². The summed E-state index contributed by atoms with van der Waals surface area (Å²) in [6.45, 7) is 2.03. The smallest absolute Gasteiger partial charge is 0.426 e. The maximum atomic E-state index is 15.0. The molecule has 0 radical (unpaired) electrons. The normalized spacial score (nSPS) is 18.1. The molecular weight excluding hydrogens is 541 g/mol. The van der Waals surface area contributed by atoms with E-state index < -0.39 is 52.4 Å². The number of hydrogen-bond acceptors (Lipinski definition) is 2. The first-order valence-corrected chi connectivity index (χ1v) is 13.6. The molecule has 1 nitrogen and oxygen atoms in total. The monoisotopic (exact) mass is 566 g/mol. The summed E-state index contributed by atoms with van der Waals surface area (Å²) in [6.07, 6.45) is -0.696. The quantitative estimate of drug-likeness (QED) is 0.160. The maximum Gasteiger partial charge on any atom is 0.426 e. The lowest BCUT2D eigenvalue weighted by atomic mass is 9.76. The number of fused-ring (bicyclic) bond motifs is 1. The first kappa shape index (κ1) is 27.5. The number of halogens is 7. The molecule has 0 atom stereocenters. The van der Waals surface area contributed by atoms with Crippen molar-refractivity contribution in [2.45, 2.75) is 63.4 Å². The van der Waals surface area contributed by atoms with Crippen molar-refractivity contribution in [3.05, 3.63) is 99.2 Å². The van der Waals surface area contributed by atoms with E-state index in [4.69, 9.17) is 4.74 Å². The summed E-state index contributed by atoms with van der Waals surface area (Å²) in [4.78, 5) is 1.08. The molecule has 0 bridgehead atoms. The zero-order chi connectivity index (χ0) is 27.9. The molecule has 0 aliphatic heterocycles. The predicted molar refractivity (Wildman–Crippen MR) is 137 cm³/mol. The Morgan fingerprint density at radius 1 is 0.795 bits per heavy atom. The second kappa shape index (κ2) is 10.8. The van der Waals surface area contributed by atoms with Crippen LogP contribution in [0.5, 0.6) is 5.75 Å². The number of aryl methyl sites for hydroxylation is 1. The SMILES string of the molecule is CCCc1cc2ccc(C(F)(F)Oc3cc(F)c(C4CCC(c5cc(F)c(F)c(F)c5)CC4)c(F)c3)cc2s1. The molecule has 0 amide bonds. The van der Waals surface area contributed by atoms with E-state index >= 15 is 8.78 Å². The summed E-state index contributed by atoms with van der Waals surface area (Å²) in [5, 5.41) is 0.842. The zero-order valence-electron chi connectivity index (χ0n) is 21.0. The highest BCUT2D eigenvalue weighted by Gasteiger charge is 2.36. The van der Waals surface area contributed by atoms with Gasteiger partial charge < -0.3 is 4.74 Å². The van der Waals surface area contributed by atoms with E-state index in [9.17, 15) is 22.0 Å². The van der Waals surface area contributed by atoms with Crippen molar-refractivity contribution in [2.75, 3.05) is 0 Å². The Bertz CT molecular complexity index is 1460. The molecule has 1 aliphatic rings. The molecule has 1 saturated carbocycles. The summed E-state index contributed by atoms with van der Waals surface area (Å²) < 4.78 is 106. The van der Waals surface area contributed by atoms with E-state index in [0.29, 0.717) is 35.9 Å². The number of thiophene rings is 1. The summed E-state index contributed by atoms with van der Waals surface area (Å²) in [7, 11) is 0. The van der Waals surface area contributed by atoms with Gasteiger partial charge in [-0.2, -0.15) is 8.78 Å². The number of rotatable bonds is 7. The molecule has 39 heavy (non-hydrogen) atoms. The Hall–Kier alpha value is -3.07. The van der Waals surface area contributed by atoms with Gasteiger partial charge in [0.1, 0.15) is 17.4 Å². The third kappa shape index (κ3) is 5.64. The van der Waals surface area contributed by atoms with Gasteiger partial charge in [0.05, 0.1) is 5.56 Å². The average Bonchev–Trinajstić information content (AvgIpc) is 3.29. The number of benzene rings is 3. The molecular formula is C30H25F7OS. The minimum atomic E-state index is -3.82. The third-order valence-electron chi connectivity index (χ3n) is 7.32. The minimum Gasteiger partial charge on any atom is -0.429 e. The van der Waals surface area contributed by atoms with Crippen molar-refractivity contribution in [3.63, 3.8) is 0 Å². The Balaban J connectivity index is 1.30. The molecule has 3 aromatic carbocycles. The van der Waals surface area contributed by atoms with Crippen LogP contribution in [0.1, 0.15) is 72.4 Å². The van der Waals surface area contributed by atoms with Crippen LogP contribution in [-0.4, -0.2) is 0 Å². The lowest BCUT2D eigenvalue weighted by Crippen LogP contribution is -2.22. The highest BCUT2D eigenvalue weighted by atomic mass is 32.1. The molecule has 0 unspecified atom stereocenters. The molecule has 1 aromatic heterocycles. The topological polar surface area (TPSA) is 9.23 Å². The van der Waals surface area contributed by atoms with Gasteiger partial charge in [0.25, 0.3) is 0 Å². The molecule has 0 spiro atoms. The van der Waals surface area contributed by atoms with Crippen molar-refractivity contribution in [1.82, 2.24) is 0 Å². The maximum absolute atomic E-state index is 15.0. The van der Waals surface area contributed by atoms with Crippen LogP contribution in [-0.2, 0) is 12.5 Å². The van der Waals surface area contributed by atoms with Gasteiger partial charge in [-0.3, -0.25) is 0 Å². The van der Waals surface area contributed by atoms with Crippen molar-refractivity contribution >= 4 is 21.4 Å². The largest absolute Gasteiger partial charge is 0.429 e. The lowest BCUT2D eigenvalue weighted by molar-refractivity contribution is -0.185. The molecule has 1 fully saturated rings. The summed E-state index contributed by atoms with van der Waals surface area (Å²) in [5.74, 6) is -7.59. The van der Waals surface area contributed by atoms with Crippen LogP contribution in [0.3, 0.4) is 0 Å². The van der Waals surface area contributed by atoms with E-state index in [-0.39, 0.29) is 11.5 Å². The third-order valence-corrected chi connectivity index (χ3v) is 8.47. The van der Waals surface area contributed by atoms with Crippen LogP contribution in [0, 0.1) is 29.1 Å². The molecule has 0 saturated heterocycles. The van der Waals surface area contributed by atoms with Gasteiger partial charge in [0.15, 0.2) is 17.5 Å². The van der Waals surface area contributed by atoms with Gasteiger partial charge in [0.2, 0.25) is 0 Å². The van der Waals surface area contributed by atoms with Gasteiger partial charge >= 0.3 is 6.11 Å². The Labute approximate surface area is 225 Å². The van der Waals surface area contributed by atoms with Crippen LogP contribution in [0.25, 0.3) is 10.1 Å². The highest BCUT2D eigenvalue weighted by molar-refractivity contribution is 7.19. The van der Waals surface area contributed by atoms with Crippen LogP contribution >= 0.6 is 11.3 Å². The Morgan fingerprint density at radius 2 is 1.41 bits per heavy atom. The lowest BCUT2D eigenvalue weighted by Gasteiger charge is -2.30. The zero-order valence-corrected chi connectivity index (χ0v) is 21.8. The summed E-state index contributed by atoms with van der Waals surface area (Å²) >= 11 is 1.42. The molecule has 5 rings (SSSR count). The van der Waals surface area contributed by atoms with Crippen molar-refractivity contribution in [1.29, 1.82) is 0 Å². The first-order valence-electron chi connectivity index (χ1n) is 12.8. The Morgan fingerprint density at radius 3 is 2.03 bits per heavy atom. The second-order valence-corrected chi connectivity index (χ2v) is 11.2. The second-order valence-electron chi connectivity index (χ2n) is 9.98. The molecule has 1 heterocycles. The molecule has 9 heteroatoms. The fourth-order valence-corrected chi connectivity index (χ4v) is 6.59. The first-order chi connectivity index (χ1) is 18.6. The molecule has 1 aliphatic carbocycles. The summed E-state index contributed by atoms with van der Waals surface area (Å²) in [6, 6.07) is 9.50. The van der Waals surface area contributed by atoms with Gasteiger partial charge in [-0.05, 0) is 85.2 Å².